The number of nitrogens with one attached hydrogen (secondary N) is 6. The van der Waals surface area contributed by atoms with Gasteiger partial charge < -0.3 is 31.9 Å². The molecular formula is C32H54N6S2. The highest BCUT2D eigenvalue weighted by atomic mass is 32.1. The number of hydrogen-bond donors (Lipinski definition) is 8. The van der Waals surface area contributed by atoms with Gasteiger partial charge in [-0.05, 0) is 44.2 Å². The summed E-state index contributed by atoms with van der Waals surface area (Å²) in [5.41, 5.74) is 7.99. The van der Waals surface area contributed by atoms with E-state index in [1.807, 2.05) is 0 Å². The van der Waals surface area contributed by atoms with E-state index in [0.29, 0.717) is 0 Å². The molecule has 8 heteroatoms. The van der Waals surface area contributed by atoms with Crippen LogP contribution in [0.5, 0.6) is 0 Å². The monoisotopic (exact) mass is 586 g/mol. The average Bonchev–Trinajstić information content (AvgIpc) is 2.87. The molecule has 0 saturated carbocycles. The van der Waals surface area contributed by atoms with Crippen LogP contribution in [0.1, 0.15) is 74.9 Å². The molecule has 224 valence electrons. The van der Waals surface area contributed by atoms with Gasteiger partial charge in [0, 0.05) is 88.3 Å². The van der Waals surface area contributed by atoms with Crippen LogP contribution in [-0.2, 0) is 37.0 Å². The van der Waals surface area contributed by atoms with Crippen LogP contribution in [-0.4, -0.2) is 52.4 Å². The van der Waals surface area contributed by atoms with Crippen LogP contribution in [0.15, 0.2) is 34.1 Å². The third kappa shape index (κ3) is 10.6. The first-order valence-corrected chi connectivity index (χ1v) is 15.8. The highest BCUT2D eigenvalue weighted by Crippen LogP contribution is 2.30. The maximum absolute atomic E-state index is 4.94. The lowest BCUT2D eigenvalue weighted by atomic mass is 9.85. The number of rotatable bonds is 0. The maximum atomic E-state index is 4.94. The smallest absolute Gasteiger partial charge is 0.0217 e. The molecule has 4 bridgehead atoms. The summed E-state index contributed by atoms with van der Waals surface area (Å²) in [4.78, 5) is 2.19. The van der Waals surface area contributed by atoms with Crippen molar-refractivity contribution in [2.45, 2.75) is 88.3 Å². The second-order valence-corrected chi connectivity index (χ2v) is 13.9. The minimum absolute atomic E-state index is 0.0963. The van der Waals surface area contributed by atoms with Crippen LogP contribution in [0.4, 0.5) is 0 Å². The van der Waals surface area contributed by atoms with E-state index in [9.17, 15) is 0 Å². The van der Waals surface area contributed by atoms with Crippen molar-refractivity contribution in [1.29, 1.82) is 0 Å². The Labute approximate surface area is 254 Å². The van der Waals surface area contributed by atoms with Crippen LogP contribution in [0.3, 0.4) is 0 Å². The van der Waals surface area contributed by atoms with E-state index in [1.165, 1.54) is 33.4 Å². The summed E-state index contributed by atoms with van der Waals surface area (Å²) < 4.78 is 0. The second kappa shape index (κ2) is 15.9. The summed E-state index contributed by atoms with van der Waals surface area (Å²) in [6, 6.07) is 9.30. The molecule has 2 aromatic carbocycles. The van der Waals surface area contributed by atoms with E-state index in [1.54, 1.807) is 0 Å². The summed E-state index contributed by atoms with van der Waals surface area (Å²) in [7, 11) is 0. The topological polar surface area (TPSA) is 72.2 Å². The Balaban J connectivity index is 1.66. The Morgan fingerprint density at radius 1 is 0.425 bits per heavy atom. The van der Waals surface area contributed by atoms with Gasteiger partial charge in [-0.2, -0.15) is 0 Å². The number of fused-ring (bicyclic) bond motifs is 4. The molecule has 0 radical (unpaired) electrons. The van der Waals surface area contributed by atoms with Crippen LogP contribution < -0.4 is 31.9 Å². The van der Waals surface area contributed by atoms with Gasteiger partial charge in [0.1, 0.15) is 0 Å². The van der Waals surface area contributed by atoms with Gasteiger partial charge in [-0.3, -0.25) is 0 Å². The Bertz CT molecular complexity index is 927. The lowest BCUT2D eigenvalue weighted by Crippen LogP contribution is -2.33. The van der Waals surface area contributed by atoms with Gasteiger partial charge in [0.05, 0.1) is 0 Å². The van der Waals surface area contributed by atoms with E-state index >= 15 is 0 Å². The van der Waals surface area contributed by atoms with Crippen LogP contribution in [0, 0.1) is 0 Å². The first kappa shape index (κ1) is 33.4. The van der Waals surface area contributed by atoms with Crippen molar-refractivity contribution in [1.82, 2.24) is 31.9 Å². The van der Waals surface area contributed by atoms with Gasteiger partial charge in [0.2, 0.25) is 0 Å². The number of benzene rings is 2. The Kier molecular flexibility index (Phi) is 13.3. The molecule has 0 fully saturated rings. The van der Waals surface area contributed by atoms with Crippen molar-refractivity contribution in [3.05, 3.63) is 57.6 Å². The molecule has 0 unspecified atom stereocenters. The number of thiol groups is 2. The van der Waals surface area contributed by atoms with E-state index in [2.05, 4.69) is 97.7 Å². The molecule has 1 heterocycles. The van der Waals surface area contributed by atoms with Crippen molar-refractivity contribution in [3.8, 4) is 0 Å². The Morgan fingerprint density at radius 2 is 0.650 bits per heavy atom. The molecule has 1 aliphatic heterocycles. The minimum Gasteiger partial charge on any atom is -0.314 e. The van der Waals surface area contributed by atoms with Crippen molar-refractivity contribution >= 4 is 25.3 Å². The van der Waals surface area contributed by atoms with Gasteiger partial charge >= 0.3 is 0 Å². The quantitative estimate of drug-likeness (QED) is 0.222. The zero-order chi connectivity index (χ0) is 29.2. The summed E-state index contributed by atoms with van der Waals surface area (Å²) >= 11 is 9.88. The van der Waals surface area contributed by atoms with E-state index in [4.69, 9.17) is 25.3 Å². The predicted octanol–water partition coefficient (Wildman–Crippen LogP) is 4.11. The molecule has 1 aliphatic rings. The average molecular weight is 587 g/mol. The maximum Gasteiger partial charge on any atom is 0.0217 e. The van der Waals surface area contributed by atoms with Crippen LogP contribution in [0.2, 0.25) is 0 Å². The fourth-order valence-corrected chi connectivity index (χ4v) is 5.35. The molecule has 2 aromatic rings. The van der Waals surface area contributed by atoms with Gasteiger partial charge in [0.25, 0.3) is 0 Å². The molecule has 0 spiro atoms. The molecule has 0 aromatic heterocycles. The summed E-state index contributed by atoms with van der Waals surface area (Å²) in [6.07, 6.45) is 0. The van der Waals surface area contributed by atoms with Crippen molar-refractivity contribution in [2.75, 3.05) is 52.4 Å². The van der Waals surface area contributed by atoms with Crippen molar-refractivity contribution in [3.63, 3.8) is 0 Å². The van der Waals surface area contributed by atoms with E-state index in [0.717, 1.165) is 88.3 Å². The standard InChI is InChI=1S/C32H54N6S2/c1-31(2,3)27-15-23-19-35-11-7-33-9-13-37-21-25-17-28(32(4,5)6)18-26(30(25)40)22-38-14-10-34-8-12-36-20-24(16-27)29(23)39/h15-18,33-40H,7-14,19-22H2,1-6H3. The first-order chi connectivity index (χ1) is 19.0. The molecule has 0 atom stereocenters. The molecule has 3 rings (SSSR count). The molecule has 6 N–H and O–H groups in total. The van der Waals surface area contributed by atoms with E-state index < -0.39 is 0 Å². The predicted molar refractivity (Wildman–Crippen MR) is 177 cm³/mol. The van der Waals surface area contributed by atoms with Crippen LogP contribution in [0.25, 0.3) is 0 Å². The molecule has 40 heavy (non-hydrogen) atoms. The molecular weight excluding hydrogens is 533 g/mol. The number of hydrogen-bond acceptors (Lipinski definition) is 8. The van der Waals surface area contributed by atoms with Gasteiger partial charge in [-0.1, -0.05) is 65.8 Å². The highest BCUT2D eigenvalue weighted by Gasteiger charge is 2.19. The molecule has 0 amide bonds. The second-order valence-electron chi connectivity index (χ2n) is 13.0. The van der Waals surface area contributed by atoms with E-state index in [-0.39, 0.29) is 10.8 Å². The molecule has 0 saturated heterocycles. The zero-order valence-electron chi connectivity index (χ0n) is 25.7. The lowest BCUT2D eigenvalue weighted by molar-refractivity contribution is 0.560. The third-order valence-electron chi connectivity index (χ3n) is 7.44. The highest BCUT2D eigenvalue weighted by molar-refractivity contribution is 7.80. The summed E-state index contributed by atoms with van der Waals surface area (Å²) in [5.74, 6) is 0. The van der Waals surface area contributed by atoms with Gasteiger partial charge in [-0.15, -0.1) is 25.3 Å². The zero-order valence-corrected chi connectivity index (χ0v) is 27.5. The van der Waals surface area contributed by atoms with Gasteiger partial charge in [-0.25, -0.2) is 0 Å². The fraction of sp³-hybridized carbons (Fsp3) is 0.625. The third-order valence-corrected chi connectivity index (χ3v) is 8.59. The fourth-order valence-electron chi connectivity index (χ4n) is 4.77. The van der Waals surface area contributed by atoms with Crippen molar-refractivity contribution in [2.24, 2.45) is 0 Å². The molecule has 6 nitrogen and oxygen atoms in total. The van der Waals surface area contributed by atoms with Crippen molar-refractivity contribution < 1.29 is 0 Å². The Morgan fingerprint density at radius 3 is 0.875 bits per heavy atom. The molecule has 0 aliphatic carbocycles. The van der Waals surface area contributed by atoms with Gasteiger partial charge in [0.15, 0.2) is 0 Å². The van der Waals surface area contributed by atoms with Crippen LogP contribution >= 0.6 is 25.3 Å². The minimum atomic E-state index is 0.0963. The Hall–Kier alpha value is -1.10. The first-order valence-electron chi connectivity index (χ1n) is 14.9. The lowest BCUT2D eigenvalue weighted by Gasteiger charge is -2.23. The summed E-state index contributed by atoms with van der Waals surface area (Å²) in [5, 5.41) is 21.6. The SMILES string of the molecule is CC(C)(C)c1cc2c(S)c(c1)CNCCNCCNCc1cc(C(C)(C)C)cc(c1S)CNCCNCCNC2. The largest absolute Gasteiger partial charge is 0.314 e. The summed E-state index contributed by atoms with van der Waals surface area (Å²) in [6.45, 7) is 24.3. The normalized spacial score (nSPS) is 18.2.